The van der Waals surface area contributed by atoms with Crippen LogP contribution in [-0.2, 0) is 6.54 Å². The number of hydrogen-bond donors (Lipinski definition) is 2. The molecule has 1 saturated carbocycles. The lowest BCUT2D eigenvalue weighted by Crippen LogP contribution is -2.48. The number of amidine groups is 1. The number of aromatic hydroxyl groups is 1. The molecule has 1 aliphatic heterocycles. The fourth-order valence-electron chi connectivity index (χ4n) is 3.67. The fourth-order valence-corrected chi connectivity index (χ4v) is 3.67. The number of fused-ring (bicyclic) bond motifs is 1. The molecule has 25 heavy (non-hydrogen) atoms. The normalized spacial score (nSPS) is 18.6. The van der Waals surface area contributed by atoms with Crippen molar-refractivity contribution < 1.29 is 5.11 Å². The van der Waals surface area contributed by atoms with E-state index in [4.69, 9.17) is 4.99 Å². The van der Waals surface area contributed by atoms with Gasteiger partial charge in [-0.05, 0) is 42.7 Å². The van der Waals surface area contributed by atoms with Crippen LogP contribution in [0.2, 0.25) is 0 Å². The lowest BCUT2D eigenvalue weighted by molar-refractivity contribution is 0.401. The standard InChI is InChI=1S/C20H22N4O/c25-16-8-6-7-15(13-16)14-21-24-19-20(11-4-1-5-12-20)23-18-10-3-2-9-17(18)22-19/h2-3,6-10,13,23,25H,1,4-5,11-12,14H2. The van der Waals surface area contributed by atoms with Gasteiger partial charge in [0.15, 0.2) is 5.84 Å². The Morgan fingerprint density at radius 1 is 1.04 bits per heavy atom. The molecule has 2 aromatic carbocycles. The van der Waals surface area contributed by atoms with E-state index in [0.29, 0.717) is 6.54 Å². The largest absolute Gasteiger partial charge is 0.508 e. The molecule has 0 aromatic heterocycles. The van der Waals surface area contributed by atoms with E-state index >= 15 is 0 Å². The van der Waals surface area contributed by atoms with Gasteiger partial charge >= 0.3 is 0 Å². The van der Waals surface area contributed by atoms with Gasteiger partial charge in [0.1, 0.15) is 5.75 Å². The van der Waals surface area contributed by atoms with Crippen LogP contribution in [0.5, 0.6) is 5.75 Å². The molecule has 2 aliphatic rings. The maximum Gasteiger partial charge on any atom is 0.176 e. The predicted octanol–water partition coefficient (Wildman–Crippen LogP) is 5.20. The number of hydrogen-bond acceptors (Lipinski definition) is 5. The van der Waals surface area contributed by atoms with Gasteiger partial charge in [-0.1, -0.05) is 43.5 Å². The minimum atomic E-state index is -0.199. The third-order valence-corrected chi connectivity index (χ3v) is 4.97. The zero-order valence-electron chi connectivity index (χ0n) is 14.2. The van der Waals surface area contributed by atoms with Crippen molar-refractivity contribution in [2.45, 2.75) is 44.2 Å². The van der Waals surface area contributed by atoms with E-state index < -0.39 is 0 Å². The third-order valence-electron chi connectivity index (χ3n) is 4.97. The number of phenolic OH excluding ortho intramolecular Hbond substituents is 1. The number of anilines is 1. The molecule has 0 amide bonds. The summed E-state index contributed by atoms with van der Waals surface area (Å²) < 4.78 is 0. The van der Waals surface area contributed by atoms with Crippen LogP contribution >= 0.6 is 0 Å². The molecule has 0 radical (unpaired) electrons. The summed E-state index contributed by atoms with van der Waals surface area (Å²) in [7, 11) is 0. The topological polar surface area (TPSA) is 69.3 Å². The average Bonchev–Trinajstić information content (AvgIpc) is 2.63. The predicted molar refractivity (Wildman–Crippen MR) is 99.6 cm³/mol. The summed E-state index contributed by atoms with van der Waals surface area (Å²) in [5.74, 6) is 1.04. The number of nitrogens with one attached hydrogen (secondary N) is 1. The molecule has 1 spiro atoms. The molecular weight excluding hydrogens is 312 g/mol. The Morgan fingerprint density at radius 3 is 2.72 bits per heavy atom. The number of benzene rings is 2. The van der Waals surface area contributed by atoms with Crippen LogP contribution in [0.3, 0.4) is 0 Å². The quantitative estimate of drug-likeness (QED) is 0.741. The number of aliphatic imine (C=N–C) groups is 1. The Hall–Kier alpha value is -2.69. The summed E-state index contributed by atoms with van der Waals surface area (Å²) in [5.41, 5.74) is 2.74. The highest BCUT2D eigenvalue weighted by atomic mass is 16.3. The molecule has 4 rings (SSSR count). The van der Waals surface area contributed by atoms with Gasteiger partial charge in [0.05, 0.1) is 23.5 Å². The average molecular weight is 334 g/mol. The second kappa shape index (κ2) is 6.67. The van der Waals surface area contributed by atoms with E-state index in [9.17, 15) is 5.11 Å². The monoisotopic (exact) mass is 334 g/mol. The first-order valence-corrected chi connectivity index (χ1v) is 8.87. The summed E-state index contributed by atoms with van der Waals surface area (Å²) in [4.78, 5) is 4.82. The van der Waals surface area contributed by atoms with Crippen molar-refractivity contribution in [3.8, 4) is 5.75 Å². The molecule has 0 unspecified atom stereocenters. The maximum absolute atomic E-state index is 9.56. The van der Waals surface area contributed by atoms with Crippen molar-refractivity contribution in [1.29, 1.82) is 0 Å². The van der Waals surface area contributed by atoms with Crippen LogP contribution in [0.4, 0.5) is 11.4 Å². The van der Waals surface area contributed by atoms with E-state index in [-0.39, 0.29) is 11.3 Å². The fraction of sp³-hybridized carbons (Fsp3) is 0.350. The molecule has 0 atom stereocenters. The highest BCUT2D eigenvalue weighted by molar-refractivity contribution is 6.00. The van der Waals surface area contributed by atoms with Crippen LogP contribution in [-0.4, -0.2) is 16.5 Å². The van der Waals surface area contributed by atoms with Crippen molar-refractivity contribution in [3.05, 3.63) is 54.1 Å². The summed E-state index contributed by atoms with van der Waals surface area (Å²) in [6.07, 6.45) is 5.68. The van der Waals surface area contributed by atoms with Gasteiger partial charge in [0.2, 0.25) is 0 Å². The van der Waals surface area contributed by atoms with Crippen LogP contribution in [0.1, 0.15) is 37.7 Å². The van der Waals surface area contributed by atoms with Gasteiger partial charge in [-0.15, -0.1) is 5.11 Å². The molecule has 128 valence electrons. The van der Waals surface area contributed by atoms with Crippen LogP contribution in [0, 0.1) is 0 Å². The molecule has 2 N–H and O–H groups in total. The van der Waals surface area contributed by atoms with Crippen molar-refractivity contribution in [2.75, 3.05) is 5.32 Å². The molecule has 0 saturated heterocycles. The first-order chi connectivity index (χ1) is 12.3. The Morgan fingerprint density at radius 2 is 1.88 bits per heavy atom. The van der Waals surface area contributed by atoms with Gasteiger partial charge in [-0.2, -0.15) is 5.11 Å². The molecule has 0 bridgehead atoms. The zero-order chi connectivity index (χ0) is 17.1. The number of rotatable bonds is 2. The molecule has 5 heteroatoms. The van der Waals surface area contributed by atoms with E-state index in [0.717, 1.165) is 35.6 Å². The van der Waals surface area contributed by atoms with Gasteiger partial charge in [-0.25, -0.2) is 4.99 Å². The minimum Gasteiger partial charge on any atom is -0.508 e. The smallest absolute Gasteiger partial charge is 0.176 e. The van der Waals surface area contributed by atoms with E-state index in [1.807, 2.05) is 30.3 Å². The second-order valence-electron chi connectivity index (χ2n) is 6.79. The molecular formula is C20H22N4O. The zero-order valence-corrected chi connectivity index (χ0v) is 14.2. The Balaban J connectivity index is 1.62. The lowest BCUT2D eigenvalue weighted by atomic mass is 9.79. The lowest BCUT2D eigenvalue weighted by Gasteiger charge is -2.40. The highest BCUT2D eigenvalue weighted by Gasteiger charge is 2.40. The number of azo groups is 1. The van der Waals surface area contributed by atoms with E-state index in [1.54, 1.807) is 12.1 Å². The number of phenols is 1. The Bertz CT molecular complexity index is 822. The summed E-state index contributed by atoms with van der Waals surface area (Å²) in [6, 6.07) is 15.2. The first kappa shape index (κ1) is 15.8. The van der Waals surface area contributed by atoms with E-state index in [2.05, 4.69) is 21.6 Å². The van der Waals surface area contributed by atoms with Gasteiger partial charge in [0.25, 0.3) is 0 Å². The van der Waals surface area contributed by atoms with Crippen LogP contribution < -0.4 is 5.32 Å². The molecule has 5 nitrogen and oxygen atoms in total. The van der Waals surface area contributed by atoms with Gasteiger partial charge < -0.3 is 10.4 Å². The van der Waals surface area contributed by atoms with Gasteiger partial charge in [0, 0.05) is 0 Å². The molecule has 1 aliphatic carbocycles. The number of para-hydroxylation sites is 2. The van der Waals surface area contributed by atoms with E-state index in [1.165, 1.54) is 19.3 Å². The van der Waals surface area contributed by atoms with Crippen LogP contribution in [0.25, 0.3) is 0 Å². The summed E-state index contributed by atoms with van der Waals surface area (Å²) in [6.45, 7) is 0.436. The minimum absolute atomic E-state index is 0.199. The number of nitrogens with zero attached hydrogens (tertiary/aromatic N) is 3. The summed E-state index contributed by atoms with van der Waals surface area (Å²) >= 11 is 0. The SMILES string of the molecule is Oc1cccc(CN=NC2=Nc3ccccc3NC23CCCCC3)c1. The van der Waals surface area contributed by atoms with Crippen LogP contribution in [0.15, 0.2) is 63.8 Å². The highest BCUT2D eigenvalue weighted by Crippen LogP contribution is 2.41. The molecule has 2 aromatic rings. The van der Waals surface area contributed by atoms with Crippen molar-refractivity contribution in [1.82, 2.24) is 0 Å². The van der Waals surface area contributed by atoms with Crippen molar-refractivity contribution in [2.24, 2.45) is 15.2 Å². The van der Waals surface area contributed by atoms with Crippen molar-refractivity contribution in [3.63, 3.8) is 0 Å². The second-order valence-corrected chi connectivity index (χ2v) is 6.79. The molecule has 1 fully saturated rings. The Kier molecular flexibility index (Phi) is 4.22. The maximum atomic E-state index is 9.56. The van der Waals surface area contributed by atoms with Gasteiger partial charge in [-0.3, -0.25) is 0 Å². The first-order valence-electron chi connectivity index (χ1n) is 8.87. The summed E-state index contributed by atoms with van der Waals surface area (Å²) in [5, 5.41) is 22.1. The third kappa shape index (κ3) is 3.27. The molecule has 1 heterocycles. The Labute approximate surface area is 147 Å². The van der Waals surface area contributed by atoms with Crippen molar-refractivity contribution >= 4 is 17.2 Å².